The van der Waals surface area contributed by atoms with Crippen molar-refractivity contribution in [1.82, 2.24) is 15.2 Å². The Morgan fingerprint density at radius 1 is 1.09 bits per heavy atom. The third kappa shape index (κ3) is 4.97. The van der Waals surface area contributed by atoms with E-state index in [1.807, 2.05) is 60.4 Å². The van der Waals surface area contributed by atoms with Crippen LogP contribution >= 0.6 is 0 Å². The molecule has 1 aliphatic rings. The van der Waals surface area contributed by atoms with Crippen LogP contribution in [0.15, 0.2) is 48.5 Å². The van der Waals surface area contributed by atoms with Crippen LogP contribution in [0.5, 0.6) is 11.5 Å². The molecule has 2 heterocycles. The van der Waals surface area contributed by atoms with Gasteiger partial charge in [0.25, 0.3) is 5.91 Å². The summed E-state index contributed by atoms with van der Waals surface area (Å²) in [6, 6.07) is 15.3. The maximum atomic E-state index is 12.9. The molecule has 7 nitrogen and oxygen atoms in total. The van der Waals surface area contributed by atoms with Gasteiger partial charge in [0.15, 0.2) is 0 Å². The van der Waals surface area contributed by atoms with E-state index in [1.165, 1.54) is 0 Å². The topological polar surface area (TPSA) is 83.7 Å². The fourth-order valence-electron chi connectivity index (χ4n) is 4.54. The summed E-state index contributed by atoms with van der Waals surface area (Å²) in [6.45, 7) is 3.65. The van der Waals surface area contributed by atoms with E-state index in [1.54, 1.807) is 14.2 Å². The average Bonchev–Trinajstić information content (AvgIpc) is 3.30. The first-order chi connectivity index (χ1) is 16.0. The van der Waals surface area contributed by atoms with Gasteiger partial charge in [-0.1, -0.05) is 25.1 Å². The second-order valence-electron chi connectivity index (χ2n) is 8.58. The smallest absolute Gasteiger partial charge is 0.270 e. The number of hydrogen-bond donors (Lipinski definition) is 2. The van der Waals surface area contributed by atoms with Crippen molar-refractivity contribution in [2.75, 3.05) is 27.3 Å². The second kappa shape index (κ2) is 9.98. The molecule has 0 radical (unpaired) electrons. The highest BCUT2D eigenvalue weighted by Gasteiger charge is 2.30. The van der Waals surface area contributed by atoms with Gasteiger partial charge in [-0.25, -0.2) is 0 Å². The third-order valence-corrected chi connectivity index (χ3v) is 6.65. The quantitative estimate of drug-likeness (QED) is 0.571. The van der Waals surface area contributed by atoms with Gasteiger partial charge < -0.3 is 24.7 Å². The van der Waals surface area contributed by atoms with E-state index in [4.69, 9.17) is 9.47 Å². The lowest BCUT2D eigenvalue weighted by Crippen LogP contribution is -2.42. The summed E-state index contributed by atoms with van der Waals surface area (Å²) in [7, 11) is 3.22. The molecular formula is C26H31N3O4. The molecule has 1 unspecified atom stereocenters. The van der Waals surface area contributed by atoms with Crippen LogP contribution in [0.3, 0.4) is 0 Å². The number of ether oxygens (including phenoxy) is 2. The van der Waals surface area contributed by atoms with E-state index in [0.29, 0.717) is 31.1 Å². The number of piperidine rings is 1. The van der Waals surface area contributed by atoms with E-state index in [-0.39, 0.29) is 23.7 Å². The molecule has 174 valence electrons. The molecule has 1 atom stereocenters. The summed E-state index contributed by atoms with van der Waals surface area (Å²) < 4.78 is 10.7. The van der Waals surface area contributed by atoms with Crippen LogP contribution in [-0.2, 0) is 11.3 Å². The number of carbonyl (C=O) groups is 2. The Morgan fingerprint density at radius 2 is 1.85 bits per heavy atom. The van der Waals surface area contributed by atoms with Crippen molar-refractivity contribution >= 4 is 22.7 Å². The molecule has 2 N–H and O–H groups in total. The lowest BCUT2D eigenvalue weighted by Gasteiger charge is -2.34. The van der Waals surface area contributed by atoms with Crippen molar-refractivity contribution in [3.05, 3.63) is 59.8 Å². The zero-order valence-electron chi connectivity index (χ0n) is 19.4. The predicted octanol–water partition coefficient (Wildman–Crippen LogP) is 3.99. The first-order valence-electron chi connectivity index (χ1n) is 11.4. The van der Waals surface area contributed by atoms with E-state index in [0.717, 1.165) is 35.1 Å². The minimum Gasteiger partial charge on any atom is -0.497 e. The van der Waals surface area contributed by atoms with E-state index < -0.39 is 0 Å². The number of aromatic nitrogens is 1. The minimum absolute atomic E-state index is 0.0141. The molecule has 0 spiro atoms. The molecule has 3 aromatic rings. The van der Waals surface area contributed by atoms with Crippen molar-refractivity contribution in [2.24, 2.45) is 11.8 Å². The molecule has 1 saturated heterocycles. The van der Waals surface area contributed by atoms with Gasteiger partial charge in [-0.2, -0.15) is 0 Å². The standard InChI is InChI=1S/C26H31N3O4/c1-17(25(30)27-16-20-14-21(32-2)8-9-24(20)33-3)18-10-12-29(13-11-18)26(31)23-15-19-6-4-5-7-22(19)28-23/h4-9,14-15,17-18,28H,10-13,16H2,1-3H3,(H,27,30). The summed E-state index contributed by atoms with van der Waals surface area (Å²) >= 11 is 0. The number of carbonyl (C=O) groups excluding carboxylic acids is 2. The van der Waals surface area contributed by atoms with Gasteiger partial charge in [0.2, 0.25) is 5.91 Å². The SMILES string of the molecule is COc1ccc(OC)c(CNC(=O)C(C)C2CCN(C(=O)c3cc4ccccc4[nH]3)CC2)c1. The molecule has 4 rings (SSSR count). The highest BCUT2D eigenvalue weighted by atomic mass is 16.5. The number of para-hydroxylation sites is 1. The Morgan fingerprint density at radius 3 is 2.55 bits per heavy atom. The maximum absolute atomic E-state index is 12.9. The largest absolute Gasteiger partial charge is 0.497 e. The van der Waals surface area contributed by atoms with Crippen molar-refractivity contribution in [2.45, 2.75) is 26.3 Å². The molecule has 2 amide bonds. The third-order valence-electron chi connectivity index (χ3n) is 6.65. The summed E-state index contributed by atoms with van der Waals surface area (Å²) in [6.07, 6.45) is 1.62. The Bertz CT molecular complexity index is 1100. The molecule has 7 heteroatoms. The Labute approximate surface area is 194 Å². The number of nitrogens with zero attached hydrogens (tertiary/aromatic N) is 1. The van der Waals surface area contributed by atoms with E-state index >= 15 is 0 Å². The number of hydrogen-bond acceptors (Lipinski definition) is 4. The summed E-state index contributed by atoms with van der Waals surface area (Å²) in [4.78, 5) is 30.9. The molecule has 2 aromatic carbocycles. The summed E-state index contributed by atoms with van der Waals surface area (Å²) in [5.74, 6) is 1.58. The molecule has 1 fully saturated rings. The van der Waals surface area contributed by atoms with E-state index in [9.17, 15) is 9.59 Å². The Balaban J connectivity index is 1.31. The molecular weight excluding hydrogens is 418 g/mol. The van der Waals surface area contributed by atoms with Crippen LogP contribution in [0.25, 0.3) is 10.9 Å². The van der Waals surface area contributed by atoms with Gasteiger partial charge in [0, 0.05) is 42.0 Å². The number of likely N-dealkylation sites (tertiary alicyclic amines) is 1. The maximum Gasteiger partial charge on any atom is 0.270 e. The van der Waals surface area contributed by atoms with Gasteiger partial charge in [0.05, 0.1) is 14.2 Å². The molecule has 1 aromatic heterocycles. The van der Waals surface area contributed by atoms with Crippen LogP contribution in [0.2, 0.25) is 0 Å². The highest BCUT2D eigenvalue weighted by Crippen LogP contribution is 2.28. The molecule has 0 saturated carbocycles. The number of H-pyrrole nitrogens is 1. The van der Waals surface area contributed by atoms with Crippen molar-refractivity contribution in [1.29, 1.82) is 0 Å². The average molecular weight is 450 g/mol. The first kappa shape index (κ1) is 22.7. The number of benzene rings is 2. The molecule has 0 bridgehead atoms. The zero-order valence-corrected chi connectivity index (χ0v) is 19.4. The number of aromatic amines is 1. The number of rotatable bonds is 7. The van der Waals surface area contributed by atoms with Crippen molar-refractivity contribution in [3.63, 3.8) is 0 Å². The van der Waals surface area contributed by atoms with Crippen LogP contribution in [0.4, 0.5) is 0 Å². The molecule has 1 aliphatic heterocycles. The van der Waals surface area contributed by atoms with E-state index in [2.05, 4.69) is 10.3 Å². The molecule has 0 aliphatic carbocycles. The predicted molar refractivity (Wildman–Crippen MR) is 127 cm³/mol. The van der Waals surface area contributed by atoms with Gasteiger partial charge in [-0.05, 0) is 49.1 Å². The number of amides is 2. The number of nitrogens with one attached hydrogen (secondary N) is 2. The fraction of sp³-hybridized carbons (Fsp3) is 0.385. The second-order valence-corrected chi connectivity index (χ2v) is 8.58. The van der Waals surface area contributed by atoms with Gasteiger partial charge in [-0.3, -0.25) is 9.59 Å². The zero-order chi connectivity index (χ0) is 23.4. The number of methoxy groups -OCH3 is 2. The highest BCUT2D eigenvalue weighted by molar-refractivity contribution is 5.98. The van der Waals surface area contributed by atoms with Gasteiger partial charge >= 0.3 is 0 Å². The normalized spacial score (nSPS) is 15.3. The van der Waals surface area contributed by atoms with Crippen LogP contribution in [0.1, 0.15) is 35.8 Å². The van der Waals surface area contributed by atoms with Gasteiger partial charge in [0.1, 0.15) is 17.2 Å². The van der Waals surface area contributed by atoms with Crippen molar-refractivity contribution in [3.8, 4) is 11.5 Å². The summed E-state index contributed by atoms with van der Waals surface area (Å²) in [5.41, 5.74) is 2.46. The lowest BCUT2D eigenvalue weighted by atomic mass is 9.84. The van der Waals surface area contributed by atoms with Gasteiger partial charge in [-0.15, -0.1) is 0 Å². The van der Waals surface area contributed by atoms with Crippen LogP contribution < -0.4 is 14.8 Å². The monoisotopic (exact) mass is 449 g/mol. The summed E-state index contributed by atoms with van der Waals surface area (Å²) in [5, 5.41) is 4.07. The Hall–Kier alpha value is -3.48. The number of fused-ring (bicyclic) bond motifs is 1. The minimum atomic E-state index is -0.132. The fourth-order valence-corrected chi connectivity index (χ4v) is 4.54. The van der Waals surface area contributed by atoms with Crippen LogP contribution in [0, 0.1) is 11.8 Å². The Kier molecular flexibility index (Phi) is 6.87. The lowest BCUT2D eigenvalue weighted by molar-refractivity contribution is -0.126. The van der Waals surface area contributed by atoms with Crippen LogP contribution in [-0.4, -0.2) is 49.0 Å². The molecule has 33 heavy (non-hydrogen) atoms. The first-order valence-corrected chi connectivity index (χ1v) is 11.4. The van der Waals surface area contributed by atoms with Crippen molar-refractivity contribution < 1.29 is 19.1 Å².